The Morgan fingerprint density at radius 3 is 1.04 bits per heavy atom. The number of rotatable bonds is 16. The van der Waals surface area contributed by atoms with E-state index < -0.39 is 15.4 Å². The molecule has 1 unspecified atom stereocenters. The van der Waals surface area contributed by atoms with Gasteiger partial charge in [-0.1, -0.05) is 60.3 Å². The molecule has 8 aromatic rings. The van der Waals surface area contributed by atoms with Crippen molar-refractivity contribution in [1.29, 1.82) is 0 Å². The summed E-state index contributed by atoms with van der Waals surface area (Å²) in [6.45, 7) is 1.81. The van der Waals surface area contributed by atoms with Crippen molar-refractivity contribution in [1.82, 2.24) is 0 Å². The number of anilines is 8. The molecule has 1 aliphatic rings. The molecule has 69 heavy (non-hydrogen) atoms. The second kappa shape index (κ2) is 21.5. The van der Waals surface area contributed by atoms with Crippen molar-refractivity contribution in [2.75, 3.05) is 49.7 Å². The van der Waals surface area contributed by atoms with Gasteiger partial charge >= 0.3 is 29.6 Å². The number of ether oxygens (including phenoxy) is 4. The van der Waals surface area contributed by atoms with Gasteiger partial charge in [0.15, 0.2) is 0 Å². The second-order valence-corrected chi connectivity index (χ2v) is 19.0. The first-order valence-corrected chi connectivity index (χ1v) is 24.4. The zero-order chi connectivity index (χ0) is 47.4. The van der Waals surface area contributed by atoms with Crippen LogP contribution >= 0.6 is 11.8 Å². The van der Waals surface area contributed by atoms with E-state index in [4.69, 9.17) is 18.9 Å². The van der Waals surface area contributed by atoms with Gasteiger partial charge in [-0.2, -0.15) is 0 Å². The normalized spacial score (nSPS) is 12.2. The fourth-order valence-electron chi connectivity index (χ4n) is 8.47. The zero-order valence-corrected chi connectivity index (χ0v) is 43.0. The Bertz CT molecular complexity index is 2830. The van der Waals surface area contributed by atoms with Crippen LogP contribution in [0.4, 0.5) is 45.5 Å². The molecule has 0 saturated heterocycles. The molecule has 1 atom stereocenters. The van der Waals surface area contributed by atoms with Crippen molar-refractivity contribution in [2.45, 2.75) is 28.4 Å². The van der Waals surface area contributed by atoms with Crippen LogP contribution in [0.5, 0.6) is 23.0 Å². The molecule has 13 heteroatoms. The number of nitrogens with zero attached hydrogens (tertiary/aromatic N) is 3. The molecule has 0 bridgehead atoms. The first kappa shape index (κ1) is 49.1. The standard InChI is InChI=1S/C56H51N3O7S2.Na/c1-38(68(60,61)62)36-37-57-53-10-6-8-51(39-12-16-41(17-13-39)58(43-20-28-47(63-2)29-21-43)44-22-30-48(64-3)31-23-44)55(53)67-56-52(9-7-11-54(56)57)40-14-18-42(19-15-40)59(45-24-32-49(65-4)33-25-45)46-26-34-50(66-5)35-27-46;/h6-35,38H,36-37H2,1-5H3,(H,60,61,62);/q;+1/p-1. The van der Waals surface area contributed by atoms with Crippen molar-refractivity contribution in [3.05, 3.63) is 182 Å². The number of hydrogen-bond acceptors (Lipinski definition) is 11. The molecule has 0 amide bonds. The Morgan fingerprint density at radius 2 is 0.768 bits per heavy atom. The van der Waals surface area contributed by atoms with Crippen LogP contribution in [0.1, 0.15) is 13.3 Å². The van der Waals surface area contributed by atoms with Gasteiger partial charge in [-0.25, -0.2) is 8.42 Å². The summed E-state index contributed by atoms with van der Waals surface area (Å²) in [4.78, 5) is 8.60. The summed E-state index contributed by atoms with van der Waals surface area (Å²) in [6.07, 6.45) is 0.159. The molecule has 10 nitrogen and oxygen atoms in total. The average molecular weight is 964 g/mol. The summed E-state index contributed by atoms with van der Waals surface area (Å²) in [5.74, 6) is 3.08. The molecule has 344 valence electrons. The predicted molar refractivity (Wildman–Crippen MR) is 274 cm³/mol. The van der Waals surface area contributed by atoms with Crippen LogP contribution < -0.4 is 63.2 Å². The third-order valence-electron chi connectivity index (χ3n) is 12.2. The van der Waals surface area contributed by atoms with Gasteiger partial charge in [0.2, 0.25) is 0 Å². The van der Waals surface area contributed by atoms with Crippen molar-refractivity contribution >= 4 is 67.4 Å². The Hall–Kier alpha value is -6.38. The van der Waals surface area contributed by atoms with E-state index in [1.54, 1.807) is 40.2 Å². The monoisotopic (exact) mass is 963 g/mol. The van der Waals surface area contributed by atoms with Crippen LogP contribution in [0.25, 0.3) is 22.3 Å². The molecule has 1 heterocycles. The van der Waals surface area contributed by atoms with E-state index in [2.05, 4.69) is 87.5 Å². The van der Waals surface area contributed by atoms with E-state index in [0.29, 0.717) is 6.54 Å². The van der Waals surface area contributed by atoms with Gasteiger partial charge in [-0.15, -0.1) is 0 Å². The van der Waals surface area contributed by atoms with Crippen molar-refractivity contribution in [2.24, 2.45) is 0 Å². The fourth-order valence-corrected chi connectivity index (χ4v) is 10.2. The van der Waals surface area contributed by atoms with Gasteiger partial charge in [-0.3, -0.25) is 0 Å². The van der Waals surface area contributed by atoms with E-state index in [1.807, 2.05) is 109 Å². The summed E-state index contributed by atoms with van der Waals surface area (Å²) in [6, 6.07) is 61.4. The maximum absolute atomic E-state index is 12.2. The summed E-state index contributed by atoms with van der Waals surface area (Å²) >= 11 is 1.70. The van der Waals surface area contributed by atoms with Crippen LogP contribution in [0.15, 0.2) is 192 Å². The van der Waals surface area contributed by atoms with Gasteiger partial charge in [0.25, 0.3) is 0 Å². The number of benzene rings is 8. The molecule has 0 fully saturated rings. The molecular formula is C56H50N3NaO7S2. The summed E-state index contributed by atoms with van der Waals surface area (Å²) in [5.41, 5.74) is 11.8. The first-order chi connectivity index (χ1) is 33.1. The number of methoxy groups -OCH3 is 4. The number of fused-ring (bicyclic) bond motifs is 2. The van der Waals surface area contributed by atoms with Crippen LogP contribution in [0.3, 0.4) is 0 Å². The maximum Gasteiger partial charge on any atom is 1.00 e. The summed E-state index contributed by atoms with van der Waals surface area (Å²) in [5, 5.41) is -1.06. The largest absolute Gasteiger partial charge is 1.00 e. The third kappa shape index (κ3) is 10.5. The Kier molecular flexibility index (Phi) is 15.3. The second-order valence-electron chi connectivity index (χ2n) is 16.2. The Morgan fingerprint density at radius 1 is 0.478 bits per heavy atom. The summed E-state index contributed by atoms with van der Waals surface area (Å²) < 4.78 is 58.5. The van der Waals surface area contributed by atoms with Crippen LogP contribution in [-0.2, 0) is 10.1 Å². The first-order valence-electron chi connectivity index (χ1n) is 22.1. The molecule has 8 aromatic carbocycles. The van der Waals surface area contributed by atoms with Crippen LogP contribution in [0, 0.1) is 0 Å². The van der Waals surface area contributed by atoms with E-state index in [0.717, 1.165) is 101 Å². The van der Waals surface area contributed by atoms with Crippen molar-refractivity contribution in [3.63, 3.8) is 0 Å². The van der Waals surface area contributed by atoms with Gasteiger partial charge in [-0.05, 0) is 169 Å². The van der Waals surface area contributed by atoms with E-state index >= 15 is 0 Å². The quantitative estimate of drug-likeness (QED) is 0.0683. The van der Waals surface area contributed by atoms with Crippen LogP contribution in [0.2, 0.25) is 0 Å². The maximum atomic E-state index is 12.2. The average Bonchev–Trinajstić information content (AvgIpc) is 3.38. The SMILES string of the molecule is COc1ccc(N(c2ccc(OC)cc2)c2ccc(-c3cccc4c3Sc3c(-c5ccc(N(c6ccc(OC)cc6)c6ccc(OC)cc6)cc5)cccc3N4CCC(C)S(=O)(=O)[O-])cc2)cc1.[Na+]. The van der Waals surface area contributed by atoms with Crippen molar-refractivity contribution < 1.29 is 61.5 Å². The minimum absolute atomic E-state index is 0. The van der Waals surface area contributed by atoms with Gasteiger partial charge in [0, 0.05) is 55.7 Å². The minimum atomic E-state index is -4.49. The molecule has 0 spiro atoms. The molecule has 0 N–H and O–H groups in total. The number of hydrogen-bond donors (Lipinski definition) is 0. The summed E-state index contributed by atoms with van der Waals surface area (Å²) in [7, 11) is 2.14. The molecule has 9 rings (SSSR count). The molecule has 0 aliphatic carbocycles. The molecular weight excluding hydrogens is 914 g/mol. The van der Waals surface area contributed by atoms with E-state index in [-0.39, 0.29) is 36.0 Å². The molecule has 0 aromatic heterocycles. The Balaban J connectivity index is 0.00000642. The van der Waals surface area contributed by atoms with Gasteiger partial charge in [0.1, 0.15) is 23.0 Å². The minimum Gasteiger partial charge on any atom is -0.748 e. The van der Waals surface area contributed by atoms with Crippen molar-refractivity contribution in [3.8, 4) is 45.3 Å². The molecule has 1 aliphatic heterocycles. The fraction of sp³-hybridized carbons (Fsp3) is 0.143. The van der Waals surface area contributed by atoms with E-state index in [9.17, 15) is 13.0 Å². The molecule has 0 saturated carbocycles. The smallest absolute Gasteiger partial charge is 0.748 e. The third-order valence-corrected chi connectivity index (χ3v) is 14.7. The molecule has 0 radical (unpaired) electrons. The zero-order valence-electron chi connectivity index (χ0n) is 39.3. The van der Waals surface area contributed by atoms with Gasteiger partial charge in [0.05, 0.1) is 49.9 Å². The predicted octanol–water partition coefficient (Wildman–Crippen LogP) is 10.9. The van der Waals surface area contributed by atoms with Crippen LogP contribution in [-0.4, -0.2) is 53.2 Å². The topological polar surface area (TPSA) is 104 Å². The van der Waals surface area contributed by atoms with Gasteiger partial charge < -0.3 is 38.2 Å². The van der Waals surface area contributed by atoms with E-state index in [1.165, 1.54) is 6.92 Å². The Labute approximate surface area is 431 Å².